The van der Waals surface area contributed by atoms with Gasteiger partial charge in [0, 0.05) is 41.2 Å². The van der Waals surface area contributed by atoms with Gasteiger partial charge in [0.05, 0.1) is 5.70 Å². The Balaban J connectivity index is 2.28. The lowest BCUT2D eigenvalue weighted by Gasteiger charge is -2.18. The molecule has 0 aliphatic carbocycles. The standard InChI is InChI=1S/C25H30N2S/c1-8-19-13-21(10-9-15(19)2)25(26-6)24(18(5)28)20-11-12-23-22(14-20)16(3)17(4)27(23)7/h9-14,26,28H,5,8H2,1-4,6-7H3/b25-24+. The molecular formula is C25H30N2S. The second-order valence-electron chi connectivity index (χ2n) is 7.44. The Labute approximate surface area is 174 Å². The quantitative estimate of drug-likeness (QED) is 0.301. The summed E-state index contributed by atoms with van der Waals surface area (Å²) in [6.45, 7) is 12.9. The van der Waals surface area contributed by atoms with Gasteiger partial charge in [0.2, 0.25) is 0 Å². The molecule has 3 heteroatoms. The number of thiol groups is 1. The number of allylic oxidation sites excluding steroid dienone is 1. The van der Waals surface area contributed by atoms with Crippen LogP contribution in [-0.4, -0.2) is 11.6 Å². The van der Waals surface area contributed by atoms with E-state index >= 15 is 0 Å². The van der Waals surface area contributed by atoms with Crippen LogP contribution >= 0.6 is 12.6 Å². The molecule has 28 heavy (non-hydrogen) atoms. The molecular weight excluding hydrogens is 360 g/mol. The molecule has 0 radical (unpaired) electrons. The van der Waals surface area contributed by atoms with Crippen molar-refractivity contribution in [3.05, 3.63) is 81.4 Å². The molecule has 1 heterocycles. The highest BCUT2D eigenvalue weighted by atomic mass is 32.1. The molecule has 0 bridgehead atoms. The molecule has 0 aliphatic rings. The van der Waals surface area contributed by atoms with Gasteiger partial charge in [-0.1, -0.05) is 31.7 Å². The minimum atomic E-state index is 0.757. The number of aromatic nitrogens is 1. The number of aryl methyl sites for hydroxylation is 4. The van der Waals surface area contributed by atoms with E-state index in [4.69, 9.17) is 0 Å². The van der Waals surface area contributed by atoms with Crippen molar-refractivity contribution in [1.29, 1.82) is 0 Å². The fraction of sp³-hybridized carbons (Fsp3) is 0.280. The monoisotopic (exact) mass is 390 g/mol. The lowest BCUT2D eigenvalue weighted by Crippen LogP contribution is -2.09. The number of nitrogens with zero attached hydrogens (tertiary/aromatic N) is 1. The van der Waals surface area contributed by atoms with Crippen LogP contribution in [0.4, 0.5) is 0 Å². The third-order valence-electron chi connectivity index (χ3n) is 5.90. The molecule has 3 rings (SSSR count). The van der Waals surface area contributed by atoms with E-state index in [2.05, 4.69) is 100 Å². The number of hydrogen-bond donors (Lipinski definition) is 2. The zero-order valence-corrected chi connectivity index (χ0v) is 18.7. The zero-order valence-electron chi connectivity index (χ0n) is 17.8. The zero-order chi connectivity index (χ0) is 20.6. The van der Waals surface area contributed by atoms with Crippen LogP contribution in [0, 0.1) is 20.8 Å². The molecule has 0 saturated carbocycles. The van der Waals surface area contributed by atoms with E-state index in [0.29, 0.717) is 0 Å². The minimum Gasteiger partial charge on any atom is -0.387 e. The molecule has 0 spiro atoms. The van der Waals surface area contributed by atoms with E-state index in [1.54, 1.807) is 0 Å². The van der Waals surface area contributed by atoms with Crippen LogP contribution in [0.25, 0.3) is 22.2 Å². The van der Waals surface area contributed by atoms with Gasteiger partial charge in [-0.2, -0.15) is 0 Å². The number of nitrogens with one attached hydrogen (secondary N) is 1. The van der Waals surface area contributed by atoms with Crippen LogP contribution in [-0.2, 0) is 13.5 Å². The Morgan fingerprint density at radius 3 is 2.36 bits per heavy atom. The molecule has 1 N–H and O–H groups in total. The summed E-state index contributed by atoms with van der Waals surface area (Å²) in [7, 11) is 4.09. The number of benzene rings is 2. The van der Waals surface area contributed by atoms with Crippen LogP contribution in [0.3, 0.4) is 0 Å². The number of fused-ring (bicyclic) bond motifs is 1. The average molecular weight is 391 g/mol. The second kappa shape index (κ2) is 7.92. The Morgan fingerprint density at radius 2 is 1.75 bits per heavy atom. The van der Waals surface area contributed by atoms with Crippen molar-refractivity contribution >= 4 is 34.8 Å². The smallest absolute Gasteiger partial charge is 0.0502 e. The average Bonchev–Trinajstić information content (AvgIpc) is 2.90. The van der Waals surface area contributed by atoms with E-state index in [-0.39, 0.29) is 0 Å². The van der Waals surface area contributed by atoms with Crippen molar-refractivity contribution in [2.45, 2.75) is 34.1 Å². The lowest BCUT2D eigenvalue weighted by atomic mass is 9.95. The summed E-state index contributed by atoms with van der Waals surface area (Å²) >= 11 is 4.67. The summed E-state index contributed by atoms with van der Waals surface area (Å²) < 4.78 is 2.25. The first-order chi connectivity index (χ1) is 13.3. The fourth-order valence-electron chi connectivity index (χ4n) is 3.99. The topological polar surface area (TPSA) is 17.0 Å². The van der Waals surface area contributed by atoms with Gasteiger partial charge in [-0.3, -0.25) is 0 Å². The lowest BCUT2D eigenvalue weighted by molar-refractivity contribution is 0.910. The molecule has 2 aromatic carbocycles. The van der Waals surface area contributed by atoms with Crippen LogP contribution in [0.15, 0.2) is 47.9 Å². The first-order valence-corrected chi connectivity index (χ1v) is 10.2. The molecule has 0 amide bonds. The maximum Gasteiger partial charge on any atom is 0.0502 e. The highest BCUT2D eigenvalue weighted by Crippen LogP contribution is 2.35. The van der Waals surface area contributed by atoms with Gasteiger partial charge in [0.15, 0.2) is 0 Å². The van der Waals surface area contributed by atoms with Gasteiger partial charge in [-0.25, -0.2) is 0 Å². The molecule has 146 valence electrons. The maximum atomic E-state index is 4.67. The van der Waals surface area contributed by atoms with Gasteiger partial charge >= 0.3 is 0 Å². The molecule has 2 nitrogen and oxygen atoms in total. The third kappa shape index (κ3) is 3.40. The van der Waals surface area contributed by atoms with E-state index in [9.17, 15) is 0 Å². The maximum absolute atomic E-state index is 4.67. The van der Waals surface area contributed by atoms with Crippen molar-refractivity contribution in [3.8, 4) is 0 Å². The third-order valence-corrected chi connectivity index (χ3v) is 6.13. The Bertz CT molecular complexity index is 1100. The molecule has 3 aromatic rings. The van der Waals surface area contributed by atoms with Gasteiger partial charge in [0.1, 0.15) is 0 Å². The summed E-state index contributed by atoms with van der Waals surface area (Å²) in [5, 5.41) is 4.69. The normalized spacial score (nSPS) is 12.2. The molecule has 1 aromatic heterocycles. The van der Waals surface area contributed by atoms with Crippen molar-refractivity contribution in [3.63, 3.8) is 0 Å². The summed E-state index contributed by atoms with van der Waals surface area (Å²) in [6.07, 6.45) is 1.02. The van der Waals surface area contributed by atoms with E-state index in [0.717, 1.165) is 33.7 Å². The van der Waals surface area contributed by atoms with Crippen LogP contribution < -0.4 is 5.32 Å². The molecule has 0 unspecified atom stereocenters. The van der Waals surface area contributed by atoms with Crippen molar-refractivity contribution in [1.82, 2.24) is 9.88 Å². The van der Waals surface area contributed by atoms with Gasteiger partial charge in [-0.05, 0) is 73.2 Å². The van der Waals surface area contributed by atoms with Crippen molar-refractivity contribution < 1.29 is 0 Å². The van der Waals surface area contributed by atoms with Crippen molar-refractivity contribution in [2.75, 3.05) is 7.05 Å². The molecule has 0 fully saturated rings. The highest BCUT2D eigenvalue weighted by molar-refractivity contribution is 7.85. The van der Waals surface area contributed by atoms with Crippen LogP contribution in [0.5, 0.6) is 0 Å². The Hall–Kier alpha value is -2.39. The van der Waals surface area contributed by atoms with E-state index in [1.807, 2.05) is 7.05 Å². The first kappa shape index (κ1) is 20.3. The van der Waals surface area contributed by atoms with E-state index in [1.165, 1.54) is 33.3 Å². The number of hydrogen-bond acceptors (Lipinski definition) is 2. The first-order valence-electron chi connectivity index (χ1n) is 9.76. The molecule has 0 saturated heterocycles. The van der Waals surface area contributed by atoms with Crippen molar-refractivity contribution in [2.24, 2.45) is 7.05 Å². The summed E-state index contributed by atoms with van der Waals surface area (Å²) in [5.74, 6) is 0. The SMILES string of the molecule is C=C(S)/C(=C(\NC)c1ccc(C)c(CC)c1)c1ccc2c(c1)c(C)c(C)n2C. The number of rotatable bonds is 5. The second-order valence-corrected chi connectivity index (χ2v) is 7.98. The Kier molecular flexibility index (Phi) is 5.76. The van der Waals surface area contributed by atoms with Gasteiger partial charge in [-0.15, -0.1) is 12.6 Å². The summed E-state index contributed by atoms with van der Waals surface area (Å²) in [6, 6.07) is 13.3. The van der Waals surface area contributed by atoms with E-state index < -0.39 is 0 Å². The van der Waals surface area contributed by atoms with Gasteiger partial charge < -0.3 is 9.88 Å². The van der Waals surface area contributed by atoms with Crippen LogP contribution in [0.2, 0.25) is 0 Å². The molecule has 0 aliphatic heterocycles. The molecule has 0 atom stereocenters. The Morgan fingerprint density at radius 1 is 1.07 bits per heavy atom. The minimum absolute atomic E-state index is 0.757. The predicted octanol–water partition coefficient (Wildman–Crippen LogP) is 6.20. The van der Waals surface area contributed by atoms with Crippen LogP contribution in [0.1, 0.15) is 40.4 Å². The fourth-order valence-corrected chi connectivity index (χ4v) is 4.23. The summed E-state index contributed by atoms with van der Waals surface area (Å²) in [5.41, 5.74) is 10.9. The van der Waals surface area contributed by atoms with Gasteiger partial charge in [0.25, 0.3) is 0 Å². The largest absolute Gasteiger partial charge is 0.387 e. The highest BCUT2D eigenvalue weighted by Gasteiger charge is 2.16. The predicted molar refractivity (Wildman–Crippen MR) is 127 cm³/mol. The summed E-state index contributed by atoms with van der Waals surface area (Å²) in [4.78, 5) is 0.757.